The molecule has 1 N–H and O–H groups in total. The fourth-order valence-electron chi connectivity index (χ4n) is 2.52. The Hall–Kier alpha value is -1.41. The Balaban J connectivity index is 2.04. The highest BCUT2D eigenvalue weighted by molar-refractivity contribution is 7.89. The van der Waals surface area contributed by atoms with Crippen LogP contribution < -0.4 is 5.32 Å². The quantitative estimate of drug-likeness (QED) is 0.826. The van der Waals surface area contributed by atoms with Crippen molar-refractivity contribution in [1.82, 2.24) is 19.4 Å². The highest BCUT2D eigenvalue weighted by Crippen LogP contribution is 2.25. The maximum Gasteiger partial charge on any atom is 0.246 e. The van der Waals surface area contributed by atoms with E-state index in [9.17, 15) is 13.2 Å². The molecule has 0 saturated carbocycles. The molecule has 21 heavy (non-hydrogen) atoms. The third-order valence-corrected chi connectivity index (χ3v) is 5.52. The molecule has 1 aliphatic heterocycles. The van der Waals surface area contributed by atoms with Crippen molar-refractivity contribution in [3.63, 3.8) is 0 Å². The average molecular weight is 314 g/mol. The molecule has 1 saturated heterocycles. The molecule has 1 unspecified atom stereocenters. The van der Waals surface area contributed by atoms with Crippen molar-refractivity contribution in [2.75, 3.05) is 20.1 Å². The van der Waals surface area contributed by atoms with Crippen LogP contribution in [0.2, 0.25) is 0 Å². The second-order valence-electron chi connectivity index (χ2n) is 5.33. The van der Waals surface area contributed by atoms with Crippen LogP contribution in [0.15, 0.2) is 17.3 Å². The highest BCUT2D eigenvalue weighted by atomic mass is 32.2. The third-order valence-electron chi connectivity index (χ3n) is 3.70. The molecule has 1 amide bonds. The second kappa shape index (κ2) is 6.57. The van der Waals surface area contributed by atoms with Gasteiger partial charge in [0.2, 0.25) is 15.9 Å². The van der Waals surface area contributed by atoms with E-state index in [4.69, 9.17) is 0 Å². The van der Waals surface area contributed by atoms with Gasteiger partial charge >= 0.3 is 0 Å². The topological polar surface area (TPSA) is 84.3 Å². The van der Waals surface area contributed by atoms with Gasteiger partial charge in [-0.15, -0.1) is 0 Å². The predicted molar refractivity (Wildman–Crippen MR) is 78.1 cm³/mol. The third kappa shape index (κ3) is 3.62. The van der Waals surface area contributed by atoms with E-state index in [1.54, 1.807) is 17.9 Å². The maximum atomic E-state index is 12.5. The second-order valence-corrected chi connectivity index (χ2v) is 7.27. The van der Waals surface area contributed by atoms with Crippen LogP contribution in [0.5, 0.6) is 0 Å². The van der Waals surface area contributed by atoms with Crippen LogP contribution in [-0.2, 0) is 21.4 Å². The Kier molecular flexibility index (Phi) is 5.00. The lowest BCUT2D eigenvalue weighted by Gasteiger charge is -2.15. The van der Waals surface area contributed by atoms with E-state index in [1.165, 1.54) is 10.5 Å². The first kappa shape index (κ1) is 16.0. The van der Waals surface area contributed by atoms with Crippen molar-refractivity contribution in [2.45, 2.75) is 37.6 Å². The monoisotopic (exact) mass is 314 g/mol. The molecule has 0 aromatic carbocycles. The van der Waals surface area contributed by atoms with Gasteiger partial charge in [-0.3, -0.25) is 9.48 Å². The number of amides is 1. The summed E-state index contributed by atoms with van der Waals surface area (Å²) >= 11 is 0. The summed E-state index contributed by atoms with van der Waals surface area (Å²) in [5.74, 6) is 0.0421. The van der Waals surface area contributed by atoms with Crippen LogP contribution in [0, 0.1) is 5.92 Å². The van der Waals surface area contributed by atoms with Crippen LogP contribution >= 0.6 is 0 Å². The number of nitrogens with one attached hydrogen (secondary N) is 1. The van der Waals surface area contributed by atoms with Gasteiger partial charge in [0.25, 0.3) is 0 Å². The maximum absolute atomic E-state index is 12.5. The van der Waals surface area contributed by atoms with Gasteiger partial charge in [0, 0.05) is 39.3 Å². The lowest BCUT2D eigenvalue weighted by atomic mass is 10.1. The van der Waals surface area contributed by atoms with Crippen molar-refractivity contribution in [3.8, 4) is 0 Å². The van der Waals surface area contributed by atoms with Crippen molar-refractivity contribution in [2.24, 2.45) is 5.92 Å². The summed E-state index contributed by atoms with van der Waals surface area (Å²) in [7, 11) is -1.90. The van der Waals surface area contributed by atoms with Gasteiger partial charge in [-0.1, -0.05) is 6.92 Å². The van der Waals surface area contributed by atoms with Gasteiger partial charge in [-0.05, 0) is 18.8 Å². The fourth-order valence-corrected chi connectivity index (χ4v) is 4.01. The van der Waals surface area contributed by atoms with E-state index < -0.39 is 10.0 Å². The van der Waals surface area contributed by atoms with E-state index in [-0.39, 0.29) is 16.7 Å². The summed E-state index contributed by atoms with van der Waals surface area (Å²) in [5, 5.41) is 6.65. The van der Waals surface area contributed by atoms with Crippen LogP contribution in [0.25, 0.3) is 0 Å². The minimum atomic E-state index is -3.49. The lowest BCUT2D eigenvalue weighted by molar-refractivity contribution is -0.121. The number of aryl methyl sites for hydroxylation is 1. The zero-order chi connectivity index (χ0) is 15.5. The van der Waals surface area contributed by atoms with E-state index in [1.807, 2.05) is 6.92 Å². The molecule has 7 nitrogen and oxygen atoms in total. The summed E-state index contributed by atoms with van der Waals surface area (Å²) < 4.78 is 28.1. The van der Waals surface area contributed by atoms with Crippen molar-refractivity contribution in [1.29, 1.82) is 0 Å². The zero-order valence-corrected chi connectivity index (χ0v) is 13.3. The van der Waals surface area contributed by atoms with Crippen LogP contribution in [0.1, 0.15) is 26.2 Å². The molecule has 2 rings (SSSR count). The molecular formula is C13H22N4O3S. The largest absolute Gasteiger partial charge is 0.359 e. The number of aromatic nitrogens is 2. The lowest BCUT2D eigenvalue weighted by Crippen LogP contribution is -2.29. The Morgan fingerprint density at radius 3 is 2.95 bits per heavy atom. The fraction of sp³-hybridized carbons (Fsp3) is 0.692. The van der Waals surface area contributed by atoms with Crippen LogP contribution in [-0.4, -0.2) is 48.5 Å². The molecule has 1 atom stereocenters. The summed E-state index contributed by atoms with van der Waals surface area (Å²) in [6.07, 6.45) is 4.97. The number of hydrogen-bond donors (Lipinski definition) is 1. The SMILES string of the molecule is CCCn1cc(S(=O)(=O)N2CCC(CC(=O)NC)C2)cn1. The molecule has 2 heterocycles. The Morgan fingerprint density at radius 1 is 1.52 bits per heavy atom. The Labute approximate surface area is 125 Å². The molecule has 1 aromatic rings. The molecule has 0 spiro atoms. The van der Waals surface area contributed by atoms with E-state index in [0.29, 0.717) is 26.1 Å². The normalized spacial score (nSPS) is 19.8. The smallest absolute Gasteiger partial charge is 0.246 e. The molecule has 0 aliphatic carbocycles. The summed E-state index contributed by atoms with van der Waals surface area (Å²) in [6, 6.07) is 0. The standard InChI is InChI=1S/C13H22N4O3S/c1-3-5-16-10-12(8-15-16)21(19,20)17-6-4-11(9-17)7-13(18)14-2/h8,10-11H,3-7,9H2,1-2H3,(H,14,18). The van der Waals surface area contributed by atoms with Crippen molar-refractivity contribution in [3.05, 3.63) is 12.4 Å². The first-order valence-electron chi connectivity index (χ1n) is 7.20. The average Bonchev–Trinajstić information content (AvgIpc) is 3.08. The number of carbonyl (C=O) groups is 1. The number of nitrogens with zero attached hydrogens (tertiary/aromatic N) is 3. The van der Waals surface area contributed by atoms with E-state index in [2.05, 4.69) is 10.4 Å². The highest BCUT2D eigenvalue weighted by Gasteiger charge is 2.34. The first-order valence-corrected chi connectivity index (χ1v) is 8.64. The molecule has 1 aromatic heterocycles. The van der Waals surface area contributed by atoms with Crippen molar-refractivity contribution < 1.29 is 13.2 Å². The van der Waals surface area contributed by atoms with E-state index in [0.717, 1.165) is 12.8 Å². The number of hydrogen-bond acceptors (Lipinski definition) is 4. The van der Waals surface area contributed by atoms with Gasteiger partial charge in [-0.25, -0.2) is 8.42 Å². The molecule has 1 fully saturated rings. The van der Waals surface area contributed by atoms with Gasteiger partial charge in [-0.2, -0.15) is 9.40 Å². The number of sulfonamides is 1. The molecular weight excluding hydrogens is 292 g/mol. The number of carbonyl (C=O) groups excluding carboxylic acids is 1. The molecule has 8 heteroatoms. The zero-order valence-electron chi connectivity index (χ0n) is 12.4. The minimum Gasteiger partial charge on any atom is -0.359 e. The summed E-state index contributed by atoms with van der Waals surface area (Å²) in [6.45, 7) is 3.58. The summed E-state index contributed by atoms with van der Waals surface area (Å²) in [5.41, 5.74) is 0. The van der Waals surface area contributed by atoms with Crippen LogP contribution in [0.4, 0.5) is 0 Å². The first-order chi connectivity index (χ1) is 9.97. The molecule has 118 valence electrons. The van der Waals surface area contributed by atoms with Crippen LogP contribution in [0.3, 0.4) is 0 Å². The van der Waals surface area contributed by atoms with Crippen molar-refractivity contribution >= 4 is 15.9 Å². The predicted octanol–water partition coefficient (Wildman–Crippen LogP) is 0.440. The number of rotatable bonds is 6. The van der Waals surface area contributed by atoms with Gasteiger partial charge < -0.3 is 5.32 Å². The Bertz CT molecular complexity index is 596. The van der Waals surface area contributed by atoms with Gasteiger partial charge in [0.05, 0.1) is 6.20 Å². The van der Waals surface area contributed by atoms with Gasteiger partial charge in [0.15, 0.2) is 0 Å². The van der Waals surface area contributed by atoms with E-state index >= 15 is 0 Å². The minimum absolute atomic E-state index is 0.0463. The Morgan fingerprint density at radius 2 is 2.29 bits per heavy atom. The van der Waals surface area contributed by atoms with Gasteiger partial charge in [0.1, 0.15) is 4.90 Å². The molecule has 0 bridgehead atoms. The molecule has 0 radical (unpaired) electrons. The summed E-state index contributed by atoms with van der Waals surface area (Å²) in [4.78, 5) is 11.6. The molecule has 1 aliphatic rings.